The molecule has 3 atom stereocenters. The minimum Gasteiger partial charge on any atom is -0.469 e. The first-order valence-corrected chi connectivity index (χ1v) is 8.66. The predicted molar refractivity (Wildman–Crippen MR) is 87.5 cm³/mol. The van der Waals surface area contributed by atoms with Crippen molar-refractivity contribution in [2.24, 2.45) is 0 Å². The topological polar surface area (TPSA) is 59.1 Å². The van der Waals surface area contributed by atoms with E-state index in [-0.39, 0.29) is 18.4 Å². The molecule has 0 spiro atoms. The van der Waals surface area contributed by atoms with Crippen molar-refractivity contribution in [3.05, 3.63) is 0 Å². The predicted octanol–water partition coefficient (Wildman–Crippen LogP) is 2.66. The van der Waals surface area contributed by atoms with Crippen molar-refractivity contribution < 1.29 is 27.8 Å². The lowest BCUT2D eigenvalue weighted by Gasteiger charge is -2.32. The van der Waals surface area contributed by atoms with Gasteiger partial charge in [0.1, 0.15) is 5.60 Å². The van der Waals surface area contributed by atoms with Crippen LogP contribution in [0.3, 0.4) is 0 Å². The zero-order valence-electron chi connectivity index (χ0n) is 15.6. The number of hydrogen-bond acceptors (Lipinski definition) is 5. The third kappa shape index (κ3) is 4.40. The summed E-state index contributed by atoms with van der Waals surface area (Å²) in [7, 11) is 1.31. The van der Waals surface area contributed by atoms with Crippen molar-refractivity contribution in [3.8, 4) is 0 Å². The molecule has 0 aromatic heterocycles. The number of carbonyl (C=O) groups is 2. The standard InChI is InChI=1S/C17H28F2N2O4/c1-11(6-7-13(22)24-5)20-9-8-12-14(20)17(18,19)10-21(12)15(23)25-16(2,3)4/h11-12,14H,6-10H2,1-5H3/t11-,12+,14-/m1/s1. The molecule has 144 valence electrons. The van der Waals surface area contributed by atoms with Crippen LogP contribution in [-0.4, -0.2) is 71.7 Å². The molecule has 0 bridgehead atoms. The molecule has 2 aliphatic heterocycles. The van der Waals surface area contributed by atoms with Crippen LogP contribution >= 0.6 is 0 Å². The summed E-state index contributed by atoms with van der Waals surface area (Å²) in [6.45, 7) is 6.81. The highest BCUT2D eigenvalue weighted by atomic mass is 19.3. The van der Waals surface area contributed by atoms with Gasteiger partial charge in [-0.1, -0.05) is 0 Å². The van der Waals surface area contributed by atoms with E-state index in [2.05, 4.69) is 4.74 Å². The number of ether oxygens (including phenoxy) is 2. The molecule has 0 aliphatic carbocycles. The molecule has 0 aromatic carbocycles. The summed E-state index contributed by atoms with van der Waals surface area (Å²) < 4.78 is 39.2. The quantitative estimate of drug-likeness (QED) is 0.720. The average Bonchev–Trinajstić information content (AvgIpc) is 3.03. The van der Waals surface area contributed by atoms with E-state index >= 15 is 0 Å². The van der Waals surface area contributed by atoms with Crippen molar-refractivity contribution in [3.63, 3.8) is 0 Å². The number of nitrogens with zero attached hydrogens (tertiary/aromatic N) is 2. The molecule has 6 nitrogen and oxygen atoms in total. The molecule has 1 amide bonds. The summed E-state index contributed by atoms with van der Waals surface area (Å²) in [5.41, 5.74) is -0.726. The fraction of sp³-hybridized carbons (Fsp3) is 0.882. The molecule has 2 saturated heterocycles. The summed E-state index contributed by atoms with van der Waals surface area (Å²) in [5.74, 6) is -3.35. The second-order valence-corrected chi connectivity index (χ2v) is 7.87. The molecule has 2 aliphatic rings. The molecule has 8 heteroatoms. The molecule has 0 saturated carbocycles. The number of amides is 1. The van der Waals surface area contributed by atoms with Gasteiger partial charge in [-0.05, 0) is 40.5 Å². The largest absolute Gasteiger partial charge is 0.469 e. The highest BCUT2D eigenvalue weighted by Gasteiger charge is 2.61. The van der Waals surface area contributed by atoms with Gasteiger partial charge in [-0.25, -0.2) is 13.6 Å². The molecule has 0 unspecified atom stereocenters. The fourth-order valence-corrected chi connectivity index (χ4v) is 3.70. The van der Waals surface area contributed by atoms with Gasteiger partial charge >= 0.3 is 12.1 Å². The van der Waals surface area contributed by atoms with Crippen LogP contribution in [0.15, 0.2) is 0 Å². The van der Waals surface area contributed by atoms with Gasteiger partial charge in [-0.15, -0.1) is 0 Å². The maximum absolute atomic E-state index is 14.6. The van der Waals surface area contributed by atoms with E-state index in [9.17, 15) is 18.4 Å². The highest BCUT2D eigenvalue weighted by Crippen LogP contribution is 2.43. The highest BCUT2D eigenvalue weighted by molar-refractivity contribution is 5.70. The molecular weight excluding hydrogens is 334 g/mol. The molecule has 0 aromatic rings. The Morgan fingerprint density at radius 1 is 1.32 bits per heavy atom. The Morgan fingerprint density at radius 2 is 1.96 bits per heavy atom. The Bertz CT molecular complexity index is 521. The molecule has 0 N–H and O–H groups in total. The summed E-state index contributed by atoms with van der Waals surface area (Å²) in [6.07, 6.45) is 0.414. The Morgan fingerprint density at radius 3 is 2.52 bits per heavy atom. The van der Waals surface area contributed by atoms with Gasteiger partial charge in [0, 0.05) is 19.0 Å². The molecular formula is C17H28F2N2O4. The number of alkyl halides is 2. The fourth-order valence-electron chi connectivity index (χ4n) is 3.70. The van der Waals surface area contributed by atoms with Crippen LogP contribution in [0.25, 0.3) is 0 Å². The van der Waals surface area contributed by atoms with Crippen molar-refractivity contribution in [2.45, 2.75) is 76.6 Å². The number of halogens is 2. The van der Waals surface area contributed by atoms with Gasteiger partial charge in [0.25, 0.3) is 5.92 Å². The van der Waals surface area contributed by atoms with Crippen LogP contribution < -0.4 is 0 Å². The molecule has 0 radical (unpaired) electrons. The Hall–Kier alpha value is -1.44. The lowest BCUT2D eigenvalue weighted by Crippen LogP contribution is -2.49. The van der Waals surface area contributed by atoms with E-state index in [1.807, 2.05) is 6.92 Å². The monoisotopic (exact) mass is 362 g/mol. The maximum atomic E-state index is 14.6. The van der Waals surface area contributed by atoms with Crippen LogP contribution in [0.5, 0.6) is 0 Å². The third-order valence-electron chi connectivity index (χ3n) is 4.81. The van der Waals surface area contributed by atoms with Crippen molar-refractivity contribution in [1.82, 2.24) is 9.80 Å². The van der Waals surface area contributed by atoms with Gasteiger partial charge in [-0.3, -0.25) is 14.6 Å². The van der Waals surface area contributed by atoms with Gasteiger partial charge in [0.05, 0.1) is 25.7 Å². The van der Waals surface area contributed by atoms with Crippen molar-refractivity contribution in [1.29, 1.82) is 0 Å². The van der Waals surface area contributed by atoms with E-state index in [4.69, 9.17) is 4.74 Å². The first kappa shape index (κ1) is 19.9. The Labute approximate surface area is 147 Å². The smallest absolute Gasteiger partial charge is 0.410 e. The molecule has 2 rings (SSSR count). The summed E-state index contributed by atoms with van der Waals surface area (Å²) in [5, 5.41) is 0. The minimum absolute atomic E-state index is 0.187. The van der Waals surface area contributed by atoms with Gasteiger partial charge in [0.15, 0.2) is 0 Å². The van der Waals surface area contributed by atoms with E-state index in [1.165, 1.54) is 12.0 Å². The summed E-state index contributed by atoms with van der Waals surface area (Å²) in [6, 6.07) is -1.79. The lowest BCUT2D eigenvalue weighted by molar-refractivity contribution is -0.141. The third-order valence-corrected chi connectivity index (χ3v) is 4.81. The van der Waals surface area contributed by atoms with Crippen LogP contribution in [0.2, 0.25) is 0 Å². The number of likely N-dealkylation sites (tertiary alicyclic amines) is 2. The number of fused-ring (bicyclic) bond motifs is 1. The summed E-state index contributed by atoms with van der Waals surface area (Å²) >= 11 is 0. The number of methoxy groups -OCH3 is 1. The van der Waals surface area contributed by atoms with Crippen LogP contribution in [0.4, 0.5) is 13.6 Å². The SMILES string of the molecule is COC(=O)CC[C@@H](C)N1CC[C@H]2[C@@H]1C(F)(F)CN2C(=O)OC(C)(C)C. The van der Waals surface area contributed by atoms with E-state index < -0.39 is 36.2 Å². The van der Waals surface area contributed by atoms with Crippen LogP contribution in [-0.2, 0) is 14.3 Å². The maximum Gasteiger partial charge on any atom is 0.410 e. The van der Waals surface area contributed by atoms with Crippen LogP contribution in [0, 0.1) is 0 Å². The van der Waals surface area contributed by atoms with Crippen LogP contribution in [0.1, 0.15) is 47.0 Å². The summed E-state index contributed by atoms with van der Waals surface area (Å²) in [4.78, 5) is 26.5. The second-order valence-electron chi connectivity index (χ2n) is 7.87. The van der Waals surface area contributed by atoms with E-state index in [0.717, 1.165) is 0 Å². The average molecular weight is 362 g/mol. The van der Waals surface area contributed by atoms with Gasteiger partial charge < -0.3 is 9.47 Å². The van der Waals surface area contributed by atoms with Crippen molar-refractivity contribution in [2.75, 3.05) is 20.2 Å². The normalized spacial score (nSPS) is 27.1. The second kappa shape index (κ2) is 7.05. The molecule has 2 heterocycles. The number of rotatable bonds is 4. The number of carbonyl (C=O) groups excluding carboxylic acids is 2. The minimum atomic E-state index is -3.00. The van der Waals surface area contributed by atoms with Crippen molar-refractivity contribution >= 4 is 12.1 Å². The zero-order valence-corrected chi connectivity index (χ0v) is 15.6. The number of esters is 1. The first-order valence-electron chi connectivity index (χ1n) is 8.66. The molecule has 25 heavy (non-hydrogen) atoms. The Kier molecular flexibility index (Phi) is 5.61. The Balaban J connectivity index is 2.08. The van der Waals surface area contributed by atoms with E-state index in [1.54, 1.807) is 25.7 Å². The first-order chi connectivity index (χ1) is 11.5. The molecule has 2 fully saturated rings. The van der Waals surface area contributed by atoms with Gasteiger partial charge in [0.2, 0.25) is 0 Å². The van der Waals surface area contributed by atoms with E-state index in [0.29, 0.717) is 19.4 Å². The zero-order chi connectivity index (χ0) is 19.0. The number of hydrogen-bond donors (Lipinski definition) is 0. The lowest BCUT2D eigenvalue weighted by atomic mass is 10.1. The van der Waals surface area contributed by atoms with Gasteiger partial charge in [-0.2, -0.15) is 0 Å².